The van der Waals surface area contributed by atoms with Crippen LogP contribution in [0.4, 0.5) is 4.39 Å². The zero-order chi connectivity index (χ0) is 16.1. The van der Waals surface area contributed by atoms with E-state index in [4.69, 9.17) is 4.74 Å². The second-order valence-electron chi connectivity index (χ2n) is 5.09. The number of esters is 1. The Bertz CT molecular complexity index is 746. The smallest absolute Gasteiger partial charge is 0.342 e. The molecule has 3 heteroatoms. The van der Waals surface area contributed by atoms with E-state index in [0.29, 0.717) is 0 Å². The molecular formula is C20H15FO2. The molecule has 0 amide bonds. The summed E-state index contributed by atoms with van der Waals surface area (Å²) < 4.78 is 19.4. The number of carbonyl (C=O) groups excluding carboxylic acids is 1. The number of halogens is 1. The van der Waals surface area contributed by atoms with Crippen LogP contribution >= 0.6 is 0 Å². The molecule has 0 bridgehead atoms. The van der Waals surface area contributed by atoms with Crippen molar-refractivity contribution in [1.29, 1.82) is 0 Å². The first-order chi connectivity index (χ1) is 11.3. The van der Waals surface area contributed by atoms with Crippen molar-refractivity contribution in [3.8, 4) is 0 Å². The van der Waals surface area contributed by atoms with Gasteiger partial charge in [-0.05, 0) is 23.3 Å². The first-order valence-electron chi connectivity index (χ1n) is 7.31. The summed E-state index contributed by atoms with van der Waals surface area (Å²) in [6.45, 7) is 0. The first-order valence-corrected chi connectivity index (χ1v) is 7.31. The molecule has 0 N–H and O–H groups in total. The molecule has 3 aromatic rings. The van der Waals surface area contributed by atoms with Crippen molar-refractivity contribution in [3.05, 3.63) is 107 Å². The predicted molar refractivity (Wildman–Crippen MR) is 86.5 cm³/mol. The molecule has 0 aliphatic heterocycles. The van der Waals surface area contributed by atoms with E-state index in [2.05, 4.69) is 0 Å². The van der Waals surface area contributed by atoms with E-state index >= 15 is 0 Å². The Hall–Kier alpha value is -2.94. The van der Waals surface area contributed by atoms with Crippen LogP contribution in [0.15, 0.2) is 84.9 Å². The minimum Gasteiger partial charge on any atom is -0.449 e. The van der Waals surface area contributed by atoms with Gasteiger partial charge in [-0.3, -0.25) is 0 Å². The Morgan fingerprint density at radius 1 is 0.739 bits per heavy atom. The molecule has 3 rings (SSSR count). The molecule has 3 aromatic carbocycles. The topological polar surface area (TPSA) is 26.3 Å². The predicted octanol–water partition coefficient (Wildman–Crippen LogP) is 4.77. The van der Waals surface area contributed by atoms with Crippen molar-refractivity contribution < 1.29 is 13.9 Å². The largest absolute Gasteiger partial charge is 0.449 e. The second kappa shape index (κ2) is 6.88. The van der Waals surface area contributed by atoms with Crippen LogP contribution in [-0.4, -0.2) is 5.97 Å². The van der Waals surface area contributed by atoms with Crippen LogP contribution in [0, 0.1) is 5.82 Å². The van der Waals surface area contributed by atoms with E-state index in [1.165, 1.54) is 18.2 Å². The minimum atomic E-state index is -0.680. The van der Waals surface area contributed by atoms with Crippen LogP contribution < -0.4 is 0 Å². The van der Waals surface area contributed by atoms with E-state index in [1.54, 1.807) is 6.07 Å². The van der Waals surface area contributed by atoms with E-state index in [9.17, 15) is 9.18 Å². The summed E-state index contributed by atoms with van der Waals surface area (Å²) >= 11 is 0. The molecule has 0 fully saturated rings. The summed E-state index contributed by atoms with van der Waals surface area (Å²) in [6, 6.07) is 24.6. The van der Waals surface area contributed by atoms with Gasteiger partial charge in [-0.15, -0.1) is 0 Å². The van der Waals surface area contributed by atoms with Gasteiger partial charge in [-0.25, -0.2) is 9.18 Å². The molecule has 2 nitrogen and oxygen atoms in total. The number of benzene rings is 3. The van der Waals surface area contributed by atoms with Gasteiger partial charge in [-0.1, -0.05) is 72.8 Å². The molecule has 114 valence electrons. The van der Waals surface area contributed by atoms with Crippen LogP contribution in [0.5, 0.6) is 0 Å². The lowest BCUT2D eigenvalue weighted by molar-refractivity contribution is 0.0372. The molecule has 0 atom stereocenters. The molecule has 0 saturated heterocycles. The van der Waals surface area contributed by atoms with Gasteiger partial charge in [-0.2, -0.15) is 0 Å². The van der Waals surface area contributed by atoms with Crippen LogP contribution in [-0.2, 0) is 4.74 Å². The van der Waals surface area contributed by atoms with Gasteiger partial charge in [0.2, 0.25) is 0 Å². The van der Waals surface area contributed by atoms with Gasteiger partial charge in [0.25, 0.3) is 0 Å². The number of ether oxygens (including phenoxy) is 1. The summed E-state index contributed by atoms with van der Waals surface area (Å²) in [4.78, 5) is 12.4. The summed E-state index contributed by atoms with van der Waals surface area (Å²) in [6.07, 6.45) is -0.579. The average Bonchev–Trinajstić information content (AvgIpc) is 2.61. The maximum absolute atomic E-state index is 13.8. The average molecular weight is 306 g/mol. The summed E-state index contributed by atoms with van der Waals surface area (Å²) in [5, 5.41) is 0. The molecule has 0 spiro atoms. The lowest BCUT2D eigenvalue weighted by Gasteiger charge is -2.19. The third kappa shape index (κ3) is 3.46. The van der Waals surface area contributed by atoms with E-state index in [1.807, 2.05) is 60.7 Å². The Kier molecular flexibility index (Phi) is 4.48. The second-order valence-corrected chi connectivity index (χ2v) is 5.09. The standard InChI is InChI=1S/C20H15FO2/c21-18-14-8-7-13-17(18)20(22)23-19(15-9-3-1-4-10-15)16-11-5-2-6-12-16/h1-14,19H. The quantitative estimate of drug-likeness (QED) is 0.649. The number of hydrogen-bond acceptors (Lipinski definition) is 2. The van der Waals surface area contributed by atoms with Crippen LogP contribution in [0.2, 0.25) is 0 Å². The van der Waals surface area contributed by atoms with Gasteiger partial charge >= 0.3 is 5.97 Å². The minimum absolute atomic E-state index is 0.0654. The van der Waals surface area contributed by atoms with E-state index in [-0.39, 0.29) is 5.56 Å². The van der Waals surface area contributed by atoms with Crippen molar-refractivity contribution in [3.63, 3.8) is 0 Å². The Balaban J connectivity index is 1.94. The van der Waals surface area contributed by atoms with Crippen molar-refractivity contribution in [2.45, 2.75) is 6.10 Å². The van der Waals surface area contributed by atoms with Gasteiger partial charge in [0.15, 0.2) is 6.10 Å². The van der Waals surface area contributed by atoms with Crippen LogP contribution in [0.3, 0.4) is 0 Å². The number of hydrogen-bond donors (Lipinski definition) is 0. The highest BCUT2D eigenvalue weighted by atomic mass is 19.1. The maximum atomic E-state index is 13.8. The van der Waals surface area contributed by atoms with Crippen molar-refractivity contribution >= 4 is 5.97 Å². The molecule has 0 aliphatic carbocycles. The normalized spacial score (nSPS) is 10.5. The van der Waals surface area contributed by atoms with Gasteiger partial charge < -0.3 is 4.74 Å². The Morgan fingerprint density at radius 2 is 1.22 bits per heavy atom. The monoisotopic (exact) mass is 306 g/mol. The van der Waals surface area contributed by atoms with Crippen molar-refractivity contribution in [2.24, 2.45) is 0 Å². The van der Waals surface area contributed by atoms with Crippen molar-refractivity contribution in [1.82, 2.24) is 0 Å². The number of carbonyl (C=O) groups is 1. The highest BCUT2D eigenvalue weighted by molar-refractivity contribution is 5.90. The van der Waals surface area contributed by atoms with Crippen LogP contribution in [0.25, 0.3) is 0 Å². The lowest BCUT2D eigenvalue weighted by atomic mass is 10.0. The fraction of sp³-hybridized carbons (Fsp3) is 0.0500. The SMILES string of the molecule is O=C(OC(c1ccccc1)c1ccccc1)c1ccccc1F. The lowest BCUT2D eigenvalue weighted by Crippen LogP contribution is -2.14. The molecule has 0 heterocycles. The molecule has 0 aliphatic rings. The van der Waals surface area contributed by atoms with Crippen LogP contribution in [0.1, 0.15) is 27.6 Å². The third-order valence-electron chi connectivity index (χ3n) is 3.52. The molecule has 0 radical (unpaired) electrons. The van der Waals surface area contributed by atoms with Gasteiger partial charge in [0.1, 0.15) is 5.82 Å². The van der Waals surface area contributed by atoms with E-state index < -0.39 is 17.9 Å². The van der Waals surface area contributed by atoms with Gasteiger partial charge in [0, 0.05) is 0 Å². The molecule has 0 unspecified atom stereocenters. The zero-order valence-electron chi connectivity index (χ0n) is 12.4. The number of rotatable bonds is 4. The summed E-state index contributed by atoms with van der Waals surface area (Å²) in [5.41, 5.74) is 1.61. The fourth-order valence-corrected chi connectivity index (χ4v) is 2.38. The molecular weight excluding hydrogens is 291 g/mol. The maximum Gasteiger partial charge on any atom is 0.342 e. The molecule has 0 saturated carbocycles. The molecule has 0 aromatic heterocycles. The zero-order valence-corrected chi connectivity index (χ0v) is 12.4. The van der Waals surface area contributed by atoms with E-state index in [0.717, 1.165) is 11.1 Å². The first kappa shape index (κ1) is 15.0. The Labute approximate surface area is 134 Å². The highest BCUT2D eigenvalue weighted by Gasteiger charge is 2.21. The molecule has 23 heavy (non-hydrogen) atoms. The third-order valence-corrected chi connectivity index (χ3v) is 3.52. The highest BCUT2D eigenvalue weighted by Crippen LogP contribution is 2.27. The summed E-state index contributed by atoms with van der Waals surface area (Å²) in [5.74, 6) is -1.27. The summed E-state index contributed by atoms with van der Waals surface area (Å²) in [7, 11) is 0. The Morgan fingerprint density at radius 3 is 1.74 bits per heavy atom. The van der Waals surface area contributed by atoms with Crippen molar-refractivity contribution in [2.75, 3.05) is 0 Å². The van der Waals surface area contributed by atoms with Gasteiger partial charge in [0.05, 0.1) is 5.56 Å². The fourth-order valence-electron chi connectivity index (χ4n) is 2.38.